The molecule has 0 spiro atoms. The molecule has 0 fully saturated rings. The molecule has 24 rings (SSSR count). The fourth-order valence-electron chi connectivity index (χ4n) is 19.6. The zero-order chi connectivity index (χ0) is 74.6. The predicted molar refractivity (Wildman–Crippen MR) is 490 cm³/mol. The van der Waals surface area contributed by atoms with Gasteiger partial charge in [-0.25, -0.2) is 0 Å². The van der Waals surface area contributed by atoms with Crippen LogP contribution in [-0.2, 0) is 0 Å². The Morgan fingerprint density at radius 2 is 0.439 bits per heavy atom. The average Bonchev–Trinajstić information content (AvgIpc) is 0.712. The van der Waals surface area contributed by atoms with Crippen LogP contribution in [0.5, 0.6) is 0 Å². The van der Waals surface area contributed by atoms with Crippen LogP contribution >= 0.6 is 0 Å². The van der Waals surface area contributed by atoms with E-state index in [1.165, 1.54) is 156 Å². The maximum Gasteiger partial charge on any atom is 0.0540 e. The summed E-state index contributed by atoms with van der Waals surface area (Å²) in [5.74, 6) is 0. The van der Waals surface area contributed by atoms with Crippen molar-refractivity contribution in [2.45, 2.75) is 0 Å². The summed E-state index contributed by atoms with van der Waals surface area (Å²) in [5.41, 5.74) is 17.9. The van der Waals surface area contributed by atoms with Gasteiger partial charge in [0, 0.05) is 33.9 Å². The van der Waals surface area contributed by atoms with Crippen molar-refractivity contribution >= 4 is 185 Å². The van der Waals surface area contributed by atoms with Crippen molar-refractivity contribution in [1.82, 2.24) is 0 Å². The Labute approximate surface area is 658 Å². The van der Waals surface area contributed by atoms with E-state index in [4.69, 9.17) is 0 Å². The van der Waals surface area contributed by atoms with Crippen molar-refractivity contribution in [3.8, 4) is 55.6 Å². The number of benzene rings is 22. The van der Waals surface area contributed by atoms with Gasteiger partial charge in [0.25, 0.3) is 0 Å². The number of rotatable bonds is 11. The Morgan fingerprint density at radius 1 is 0.123 bits per heavy atom. The van der Waals surface area contributed by atoms with Gasteiger partial charge in [-0.1, -0.05) is 328 Å². The summed E-state index contributed by atoms with van der Waals surface area (Å²) in [7, 11) is 0. The van der Waals surface area contributed by atoms with Crippen LogP contribution in [0, 0.1) is 0 Å². The standard InChI is InChI=1S/C112H68N2/c1-3-20-71(21-4-1)92-33-11-12-40-103(92)113(89-63-84-49-46-78-28-15-36-95-93-34-13-26-74-42-44-76-30-17-38-97(109(76)105(74)93)101(67-89)111(84)107(78)95)88-58-53-73(54-59-88)99-66-86(62-83-25-9-10-32-91(83)99)82-55-60-104(100(65-82)72-22-5-2-6-23-72)114(87-56-51-70(52-57-87)81-48-41-69-19-7-8-24-80(69)61-81)90-64-85-50-47-79-29-16-37-96-94-35-14-27-75-43-45-77-31-18-39-98(110(77)106(75)94)102(68-90)112(85)108(79)96/h1-68H. The Bertz CT molecular complexity index is 8070. The van der Waals surface area contributed by atoms with Crippen LogP contribution in [0.3, 0.4) is 0 Å². The van der Waals surface area contributed by atoms with Crippen molar-refractivity contribution in [3.63, 3.8) is 0 Å². The topological polar surface area (TPSA) is 6.48 Å². The molecule has 0 N–H and O–H groups in total. The molecule has 0 saturated carbocycles. The summed E-state index contributed by atoms with van der Waals surface area (Å²) in [5, 5.41) is 34.9. The van der Waals surface area contributed by atoms with E-state index < -0.39 is 0 Å². The quantitative estimate of drug-likeness (QED) is 0.119. The Morgan fingerprint density at radius 3 is 0.939 bits per heavy atom. The molecule has 24 aromatic rings. The van der Waals surface area contributed by atoms with Crippen LogP contribution in [0.4, 0.5) is 34.1 Å². The highest BCUT2D eigenvalue weighted by molar-refractivity contribution is 6.39. The first-order valence-electron chi connectivity index (χ1n) is 39.6. The van der Waals surface area contributed by atoms with Crippen molar-refractivity contribution in [3.05, 3.63) is 413 Å². The molecular weight excluding hydrogens is 1370 g/mol. The smallest absolute Gasteiger partial charge is 0.0540 e. The molecule has 0 aliphatic rings. The maximum absolute atomic E-state index is 2.53. The molecule has 526 valence electrons. The monoisotopic (exact) mass is 1440 g/mol. The van der Waals surface area contributed by atoms with Crippen LogP contribution in [0.15, 0.2) is 413 Å². The third-order valence-corrected chi connectivity index (χ3v) is 24.7. The molecule has 0 bridgehead atoms. The van der Waals surface area contributed by atoms with Crippen molar-refractivity contribution in [2.75, 3.05) is 9.80 Å². The van der Waals surface area contributed by atoms with Crippen LogP contribution in [0.2, 0.25) is 0 Å². The first-order valence-corrected chi connectivity index (χ1v) is 39.6. The van der Waals surface area contributed by atoms with Gasteiger partial charge in [-0.15, -0.1) is 0 Å². The van der Waals surface area contributed by atoms with E-state index in [-0.39, 0.29) is 0 Å². The highest BCUT2D eigenvalue weighted by Gasteiger charge is 2.26. The van der Waals surface area contributed by atoms with Crippen LogP contribution < -0.4 is 9.80 Å². The summed E-state index contributed by atoms with van der Waals surface area (Å²) in [4.78, 5) is 5.03. The summed E-state index contributed by atoms with van der Waals surface area (Å²) >= 11 is 0. The fourth-order valence-corrected chi connectivity index (χ4v) is 19.6. The van der Waals surface area contributed by atoms with Crippen molar-refractivity contribution < 1.29 is 0 Å². The predicted octanol–water partition coefficient (Wildman–Crippen LogP) is 32.0. The van der Waals surface area contributed by atoms with Gasteiger partial charge >= 0.3 is 0 Å². The Kier molecular flexibility index (Phi) is 14.2. The molecule has 24 aromatic carbocycles. The van der Waals surface area contributed by atoms with E-state index >= 15 is 0 Å². The number of para-hydroxylation sites is 1. The second kappa shape index (κ2) is 25.3. The average molecular weight is 1440 g/mol. The number of nitrogens with zero attached hydrogens (tertiary/aromatic N) is 2. The minimum absolute atomic E-state index is 1.06. The summed E-state index contributed by atoms with van der Waals surface area (Å²) in [6.07, 6.45) is 0. The molecule has 0 heterocycles. The van der Waals surface area contributed by atoms with Gasteiger partial charge in [0.05, 0.1) is 11.4 Å². The van der Waals surface area contributed by atoms with Gasteiger partial charge in [-0.3, -0.25) is 0 Å². The molecule has 2 heteroatoms. The van der Waals surface area contributed by atoms with Gasteiger partial charge in [0.2, 0.25) is 0 Å². The Balaban J connectivity index is 0.695. The summed E-state index contributed by atoms with van der Waals surface area (Å²) in [6, 6.07) is 156. The molecule has 114 heavy (non-hydrogen) atoms. The molecule has 2 nitrogen and oxygen atoms in total. The molecule has 0 aromatic heterocycles. The largest absolute Gasteiger partial charge is 0.310 e. The zero-order valence-electron chi connectivity index (χ0n) is 62.2. The van der Waals surface area contributed by atoms with E-state index in [0.29, 0.717) is 0 Å². The molecule has 0 saturated heterocycles. The van der Waals surface area contributed by atoms with Gasteiger partial charge in [-0.2, -0.15) is 0 Å². The van der Waals surface area contributed by atoms with Gasteiger partial charge in [0.1, 0.15) is 0 Å². The molecule has 0 unspecified atom stereocenters. The normalized spacial score (nSPS) is 12.0. The maximum atomic E-state index is 2.53. The molecule has 0 aliphatic carbocycles. The Hall–Kier alpha value is -15.0. The van der Waals surface area contributed by atoms with E-state index in [9.17, 15) is 0 Å². The lowest BCUT2D eigenvalue weighted by molar-refractivity contribution is 1.29. The number of hydrogen-bond acceptors (Lipinski definition) is 2. The van der Waals surface area contributed by atoms with Crippen LogP contribution in [0.1, 0.15) is 0 Å². The second-order valence-electron chi connectivity index (χ2n) is 30.9. The van der Waals surface area contributed by atoms with E-state index in [1.54, 1.807) is 0 Å². The highest BCUT2D eigenvalue weighted by atomic mass is 15.2. The third kappa shape index (κ3) is 9.94. The molecule has 0 amide bonds. The molecule has 0 atom stereocenters. The first kappa shape index (κ1) is 63.9. The minimum Gasteiger partial charge on any atom is -0.310 e. The molecular formula is C112H68N2. The van der Waals surface area contributed by atoms with Gasteiger partial charge in [-0.05, 0) is 280 Å². The minimum atomic E-state index is 1.06. The third-order valence-electron chi connectivity index (χ3n) is 24.7. The van der Waals surface area contributed by atoms with E-state index in [2.05, 4.69) is 422 Å². The first-order chi connectivity index (χ1) is 56.5. The van der Waals surface area contributed by atoms with E-state index in [1.807, 2.05) is 0 Å². The fraction of sp³-hybridized carbons (Fsp3) is 0. The summed E-state index contributed by atoms with van der Waals surface area (Å²) in [6.45, 7) is 0. The lowest BCUT2D eigenvalue weighted by Gasteiger charge is -2.29. The lowest BCUT2D eigenvalue weighted by atomic mass is 9.87. The number of anilines is 6. The van der Waals surface area contributed by atoms with Crippen LogP contribution in [0.25, 0.3) is 206 Å². The lowest BCUT2D eigenvalue weighted by Crippen LogP contribution is -2.11. The highest BCUT2D eigenvalue weighted by Crippen LogP contribution is 2.52. The number of fused-ring (bicyclic) bond motifs is 6. The zero-order valence-corrected chi connectivity index (χ0v) is 62.2. The molecule has 0 aliphatic heterocycles. The van der Waals surface area contributed by atoms with Crippen LogP contribution in [-0.4, -0.2) is 0 Å². The van der Waals surface area contributed by atoms with E-state index in [0.717, 1.165) is 84.2 Å². The van der Waals surface area contributed by atoms with Crippen molar-refractivity contribution in [1.29, 1.82) is 0 Å². The second-order valence-corrected chi connectivity index (χ2v) is 30.9. The summed E-state index contributed by atoms with van der Waals surface area (Å²) < 4.78 is 0. The number of hydrogen-bond donors (Lipinski definition) is 0. The van der Waals surface area contributed by atoms with Crippen molar-refractivity contribution in [2.24, 2.45) is 0 Å². The van der Waals surface area contributed by atoms with Gasteiger partial charge in [0.15, 0.2) is 0 Å². The SMILES string of the molecule is c1ccc(-c2ccccc2N(c2ccc(-c3cc(-c4ccc(N(c5ccc(-c6ccc7ccccc7c6)cc5)c5cc6ccc7cccc8c9cccc%10ccc%11cccc(c(c5)c6c78)c%11c%109)c(-c5ccccc5)c4)cc4ccccc34)cc2)c2cc3ccc4cccc5c6cccc7ccc8cccc(c(c2)c3c45)c8c76)cc1. The molecule has 0 radical (unpaired) electrons. The van der Waals surface area contributed by atoms with Gasteiger partial charge < -0.3 is 9.80 Å².